The molecular formula is C12H15N3O2S. The number of nitrogens with one attached hydrogen (secondary N) is 1. The van der Waals surface area contributed by atoms with Crippen LogP contribution in [0.3, 0.4) is 0 Å². The molecule has 0 unspecified atom stereocenters. The third-order valence-electron chi connectivity index (χ3n) is 2.63. The molecule has 2 rings (SSSR count). The lowest BCUT2D eigenvalue weighted by Crippen LogP contribution is -2.44. The van der Waals surface area contributed by atoms with Crippen LogP contribution in [0.2, 0.25) is 0 Å². The van der Waals surface area contributed by atoms with Crippen LogP contribution >= 0.6 is 11.3 Å². The molecule has 3 N–H and O–H groups in total. The van der Waals surface area contributed by atoms with Crippen molar-refractivity contribution in [2.75, 3.05) is 12.4 Å². The number of nitrogens with two attached hydrogens (primary N) is 1. The van der Waals surface area contributed by atoms with E-state index in [1.165, 1.54) is 11.3 Å². The first-order valence-corrected chi connectivity index (χ1v) is 6.27. The topological polar surface area (TPSA) is 77.2 Å². The summed E-state index contributed by atoms with van der Waals surface area (Å²) >= 11 is 1.46. The van der Waals surface area contributed by atoms with Crippen LogP contribution in [0.25, 0.3) is 10.2 Å². The van der Waals surface area contributed by atoms with Crippen molar-refractivity contribution in [3.8, 4) is 5.75 Å². The average Bonchev–Trinajstić information content (AvgIpc) is 2.68. The Hall–Kier alpha value is -1.82. The van der Waals surface area contributed by atoms with Crippen LogP contribution < -0.4 is 15.8 Å². The molecule has 5 nitrogen and oxygen atoms in total. The van der Waals surface area contributed by atoms with Gasteiger partial charge in [0.2, 0.25) is 5.91 Å². The van der Waals surface area contributed by atoms with Crippen LogP contribution in [0.5, 0.6) is 5.75 Å². The zero-order valence-corrected chi connectivity index (χ0v) is 11.3. The van der Waals surface area contributed by atoms with Crippen LogP contribution in [-0.2, 0) is 4.79 Å². The third kappa shape index (κ3) is 2.38. The summed E-state index contributed by atoms with van der Waals surface area (Å²) < 4.78 is 6.15. The van der Waals surface area contributed by atoms with Crippen molar-refractivity contribution < 1.29 is 9.53 Å². The minimum absolute atomic E-state index is 0.417. The zero-order valence-electron chi connectivity index (χ0n) is 10.5. The van der Waals surface area contributed by atoms with E-state index in [1.807, 2.05) is 18.2 Å². The van der Waals surface area contributed by atoms with E-state index < -0.39 is 11.4 Å². The molecule has 1 aromatic heterocycles. The quantitative estimate of drug-likeness (QED) is 0.886. The summed E-state index contributed by atoms with van der Waals surface area (Å²) in [7, 11) is 1.62. The molecular weight excluding hydrogens is 250 g/mol. The van der Waals surface area contributed by atoms with Crippen molar-refractivity contribution in [2.24, 2.45) is 5.73 Å². The highest BCUT2D eigenvalue weighted by atomic mass is 32.1. The number of ether oxygens (including phenoxy) is 1. The minimum atomic E-state index is -0.821. The van der Waals surface area contributed by atoms with Gasteiger partial charge in [-0.15, -0.1) is 0 Å². The molecule has 0 atom stereocenters. The van der Waals surface area contributed by atoms with Crippen molar-refractivity contribution >= 4 is 32.6 Å². The number of fused-ring (bicyclic) bond motifs is 1. The van der Waals surface area contributed by atoms with Crippen molar-refractivity contribution in [3.63, 3.8) is 0 Å². The summed E-state index contributed by atoms with van der Waals surface area (Å²) in [5, 5.41) is 3.71. The second-order valence-corrected chi connectivity index (χ2v) is 5.50. The van der Waals surface area contributed by atoms with Gasteiger partial charge in [0.1, 0.15) is 11.3 Å². The van der Waals surface area contributed by atoms with Gasteiger partial charge in [-0.05, 0) is 32.0 Å². The molecule has 96 valence electrons. The van der Waals surface area contributed by atoms with E-state index in [1.54, 1.807) is 21.0 Å². The van der Waals surface area contributed by atoms with Gasteiger partial charge in [0, 0.05) is 0 Å². The number of aromatic nitrogens is 1. The molecule has 1 aromatic carbocycles. The number of methoxy groups -OCH3 is 1. The molecule has 6 heteroatoms. The van der Waals surface area contributed by atoms with E-state index in [0.717, 1.165) is 16.0 Å². The zero-order chi connectivity index (χ0) is 13.3. The number of rotatable bonds is 4. The van der Waals surface area contributed by atoms with Crippen LogP contribution in [-0.4, -0.2) is 23.5 Å². The van der Waals surface area contributed by atoms with E-state index in [4.69, 9.17) is 10.5 Å². The van der Waals surface area contributed by atoms with Crippen molar-refractivity contribution in [1.29, 1.82) is 0 Å². The van der Waals surface area contributed by atoms with Crippen LogP contribution in [0.1, 0.15) is 13.8 Å². The molecule has 0 aliphatic rings. The van der Waals surface area contributed by atoms with Gasteiger partial charge in [0.05, 0.1) is 17.3 Å². The Kier molecular flexibility index (Phi) is 3.13. The standard InChI is InChI=1S/C12H15N3O2S/c1-12(2,10(13)16)15-11-14-8-5-4-7(17-3)6-9(8)18-11/h4-6H,1-3H3,(H2,13,16)(H,14,15). The molecule has 1 amide bonds. The van der Waals surface area contributed by atoms with Gasteiger partial charge in [-0.2, -0.15) is 0 Å². The highest BCUT2D eigenvalue weighted by molar-refractivity contribution is 7.22. The number of benzene rings is 1. The van der Waals surface area contributed by atoms with Gasteiger partial charge in [-0.3, -0.25) is 4.79 Å². The summed E-state index contributed by atoms with van der Waals surface area (Å²) in [5.74, 6) is 0.367. The molecule has 0 bridgehead atoms. The molecule has 2 aromatic rings. The number of carbonyl (C=O) groups excluding carboxylic acids is 1. The second kappa shape index (κ2) is 4.45. The fourth-order valence-electron chi connectivity index (χ4n) is 1.41. The molecule has 18 heavy (non-hydrogen) atoms. The summed E-state index contributed by atoms with van der Waals surface area (Å²) in [6, 6.07) is 5.65. The first-order valence-electron chi connectivity index (χ1n) is 5.45. The van der Waals surface area contributed by atoms with Crippen LogP contribution in [0, 0.1) is 0 Å². The lowest BCUT2D eigenvalue weighted by Gasteiger charge is -2.21. The van der Waals surface area contributed by atoms with E-state index >= 15 is 0 Å². The van der Waals surface area contributed by atoms with Crippen LogP contribution in [0.4, 0.5) is 5.13 Å². The predicted octanol–water partition coefficient (Wildman–Crippen LogP) is 1.98. The Bertz CT molecular complexity index is 592. The Labute approximate surface area is 109 Å². The number of carbonyl (C=O) groups is 1. The summed E-state index contributed by atoms with van der Waals surface area (Å²) in [6.07, 6.45) is 0. The van der Waals surface area contributed by atoms with Gasteiger partial charge in [-0.1, -0.05) is 11.3 Å². The Morgan fingerprint density at radius 3 is 2.83 bits per heavy atom. The van der Waals surface area contributed by atoms with Gasteiger partial charge >= 0.3 is 0 Å². The van der Waals surface area contributed by atoms with E-state index in [9.17, 15) is 4.79 Å². The molecule has 1 heterocycles. The molecule has 0 radical (unpaired) electrons. The lowest BCUT2D eigenvalue weighted by molar-refractivity contribution is -0.121. The smallest absolute Gasteiger partial charge is 0.242 e. The first-order chi connectivity index (χ1) is 8.42. The number of hydrogen-bond donors (Lipinski definition) is 2. The van der Waals surface area contributed by atoms with Crippen LogP contribution in [0.15, 0.2) is 18.2 Å². The fraction of sp³-hybridized carbons (Fsp3) is 0.333. The normalized spacial score (nSPS) is 11.5. The molecule has 0 saturated carbocycles. The highest BCUT2D eigenvalue weighted by Gasteiger charge is 2.25. The van der Waals surface area contributed by atoms with E-state index in [-0.39, 0.29) is 0 Å². The van der Waals surface area contributed by atoms with Gasteiger partial charge in [-0.25, -0.2) is 4.98 Å². The lowest BCUT2D eigenvalue weighted by atomic mass is 10.1. The minimum Gasteiger partial charge on any atom is -0.497 e. The summed E-state index contributed by atoms with van der Waals surface area (Å²) in [6.45, 7) is 3.45. The predicted molar refractivity (Wildman–Crippen MR) is 73.1 cm³/mol. The van der Waals surface area contributed by atoms with E-state index in [2.05, 4.69) is 10.3 Å². The monoisotopic (exact) mass is 265 g/mol. The Morgan fingerprint density at radius 1 is 1.50 bits per heavy atom. The highest BCUT2D eigenvalue weighted by Crippen LogP contribution is 2.30. The number of thiazole rings is 1. The van der Waals surface area contributed by atoms with Gasteiger partial charge in [0.15, 0.2) is 5.13 Å². The number of anilines is 1. The second-order valence-electron chi connectivity index (χ2n) is 4.47. The molecule has 0 aliphatic carbocycles. The van der Waals surface area contributed by atoms with Crippen molar-refractivity contribution in [2.45, 2.75) is 19.4 Å². The Morgan fingerprint density at radius 2 is 2.22 bits per heavy atom. The maximum Gasteiger partial charge on any atom is 0.242 e. The maximum atomic E-state index is 11.3. The number of hydrogen-bond acceptors (Lipinski definition) is 5. The van der Waals surface area contributed by atoms with Crippen molar-refractivity contribution in [1.82, 2.24) is 4.98 Å². The maximum absolute atomic E-state index is 11.3. The van der Waals surface area contributed by atoms with Gasteiger partial charge < -0.3 is 15.8 Å². The Balaban J connectivity index is 2.33. The largest absolute Gasteiger partial charge is 0.497 e. The van der Waals surface area contributed by atoms with Crippen molar-refractivity contribution in [3.05, 3.63) is 18.2 Å². The van der Waals surface area contributed by atoms with Gasteiger partial charge in [0.25, 0.3) is 0 Å². The number of primary amides is 1. The molecule has 0 spiro atoms. The van der Waals surface area contributed by atoms with E-state index in [0.29, 0.717) is 5.13 Å². The third-order valence-corrected chi connectivity index (χ3v) is 3.56. The molecule has 0 saturated heterocycles. The summed E-state index contributed by atoms with van der Waals surface area (Å²) in [4.78, 5) is 15.7. The molecule has 0 aliphatic heterocycles. The number of amides is 1. The average molecular weight is 265 g/mol. The SMILES string of the molecule is COc1ccc2nc(NC(C)(C)C(N)=O)sc2c1. The summed E-state index contributed by atoms with van der Waals surface area (Å²) in [5.41, 5.74) is 5.36. The molecule has 0 fully saturated rings. The first kappa shape index (κ1) is 12.6. The fourth-order valence-corrected chi connectivity index (χ4v) is 2.47. The number of nitrogens with zero attached hydrogens (tertiary/aromatic N) is 1.